The summed E-state index contributed by atoms with van der Waals surface area (Å²) in [7, 11) is -3.90. The lowest BCUT2D eigenvalue weighted by molar-refractivity contribution is -0.122. The Labute approximate surface area is 280 Å². The number of benzene rings is 3. The average Bonchev–Trinajstić information content (AvgIpc) is 3.48. The summed E-state index contributed by atoms with van der Waals surface area (Å²) in [5.41, 5.74) is 3.64. The second-order valence-corrected chi connectivity index (χ2v) is 15.1. The molecule has 3 aromatic carbocycles. The van der Waals surface area contributed by atoms with Gasteiger partial charge in [-0.3, -0.25) is 23.7 Å². The van der Waals surface area contributed by atoms with Crippen LogP contribution in [0.15, 0.2) is 87.5 Å². The van der Waals surface area contributed by atoms with E-state index >= 15 is 0 Å². The normalized spacial score (nSPS) is 19.0. The van der Waals surface area contributed by atoms with Gasteiger partial charge in [0, 0.05) is 35.3 Å². The molecule has 2 aliphatic heterocycles. The van der Waals surface area contributed by atoms with E-state index in [9.17, 15) is 27.6 Å². The van der Waals surface area contributed by atoms with Gasteiger partial charge in [0.15, 0.2) is 0 Å². The summed E-state index contributed by atoms with van der Waals surface area (Å²) in [5.74, 6) is -2.55. The van der Waals surface area contributed by atoms with E-state index in [0.29, 0.717) is 21.3 Å². The van der Waals surface area contributed by atoms with Crippen molar-refractivity contribution in [2.24, 2.45) is 11.1 Å². The van der Waals surface area contributed by atoms with E-state index in [1.807, 2.05) is 43.3 Å². The average molecular weight is 692 g/mol. The Bertz CT molecular complexity index is 2020. The number of hydrogen-bond donors (Lipinski definition) is 2. The molecule has 244 valence electrons. The number of rotatable bonds is 9. The number of aryl methyl sites for hydroxylation is 1. The minimum atomic E-state index is -3.90. The second kappa shape index (κ2) is 12.8. The van der Waals surface area contributed by atoms with E-state index in [-0.39, 0.29) is 28.1 Å². The third-order valence-corrected chi connectivity index (χ3v) is 12.0. The van der Waals surface area contributed by atoms with Gasteiger partial charge in [0.2, 0.25) is 27.7 Å². The largest absolute Gasteiger partial charge is 0.372 e. The van der Waals surface area contributed by atoms with Gasteiger partial charge in [0.25, 0.3) is 0 Å². The monoisotopic (exact) mass is 691 g/mol. The van der Waals surface area contributed by atoms with Crippen LogP contribution in [-0.4, -0.2) is 49.0 Å². The fourth-order valence-electron chi connectivity index (χ4n) is 6.12. The minimum absolute atomic E-state index is 0.101. The number of aromatic nitrogens is 1. The van der Waals surface area contributed by atoms with Crippen LogP contribution >= 0.6 is 23.1 Å². The van der Waals surface area contributed by atoms with Crippen molar-refractivity contribution >= 4 is 67.9 Å². The van der Waals surface area contributed by atoms with Crippen molar-refractivity contribution < 1.29 is 22.8 Å². The van der Waals surface area contributed by atoms with Crippen molar-refractivity contribution in [1.82, 2.24) is 4.57 Å². The predicted molar refractivity (Wildman–Crippen MR) is 184 cm³/mol. The molecule has 11 nitrogen and oxygen atoms in total. The van der Waals surface area contributed by atoms with E-state index in [2.05, 4.69) is 24.1 Å². The van der Waals surface area contributed by atoms with Gasteiger partial charge in [-0.25, -0.2) is 18.5 Å². The maximum Gasteiger partial charge on any atom is 0.308 e. The number of hydrogen-bond acceptors (Lipinski definition) is 9. The summed E-state index contributed by atoms with van der Waals surface area (Å²) >= 11 is 2.12. The van der Waals surface area contributed by atoms with Gasteiger partial charge in [-0.15, -0.1) is 0 Å². The van der Waals surface area contributed by atoms with Gasteiger partial charge in [-0.05, 0) is 74.9 Å². The van der Waals surface area contributed by atoms with Crippen molar-refractivity contribution in [3.8, 4) is 0 Å². The van der Waals surface area contributed by atoms with E-state index in [1.165, 1.54) is 33.7 Å². The molecule has 0 unspecified atom stereocenters. The molecule has 6 rings (SSSR count). The zero-order chi connectivity index (χ0) is 33.6. The van der Waals surface area contributed by atoms with Crippen molar-refractivity contribution in [2.75, 3.05) is 28.2 Å². The summed E-state index contributed by atoms with van der Waals surface area (Å²) in [6, 6.07) is 20.5. The Morgan fingerprint density at radius 3 is 2.15 bits per heavy atom. The SMILES string of the molecule is CCN(CC)c1ccc([C@@H]2c3sc(=O)n(CC(=O)Nc4ccc(S(N)(=O)=O)cc4)c3S[C@H]3C(=O)N(c4ccc(C)cc4)C(=O)[C@@H]23)cc1. The molecule has 0 spiro atoms. The Hall–Kier alpha value is -4.24. The molecule has 1 aromatic heterocycles. The maximum atomic E-state index is 14.1. The van der Waals surface area contributed by atoms with Crippen molar-refractivity contribution in [3.05, 3.63) is 98.5 Å². The van der Waals surface area contributed by atoms with Gasteiger partial charge >= 0.3 is 4.87 Å². The van der Waals surface area contributed by atoms with Gasteiger partial charge in [-0.2, -0.15) is 0 Å². The lowest BCUT2D eigenvalue weighted by atomic mass is 9.83. The number of fused-ring (bicyclic) bond motifs is 2. The number of sulfonamides is 1. The number of thioether (sulfide) groups is 1. The molecule has 3 heterocycles. The van der Waals surface area contributed by atoms with Crippen LogP contribution in [0.2, 0.25) is 0 Å². The highest BCUT2D eigenvalue weighted by Gasteiger charge is 2.56. The molecule has 2 aliphatic rings. The second-order valence-electron chi connectivity index (χ2n) is 11.4. The molecule has 3 N–H and O–H groups in total. The molecule has 47 heavy (non-hydrogen) atoms. The third-order valence-electron chi connectivity index (χ3n) is 8.49. The van der Waals surface area contributed by atoms with Crippen LogP contribution in [0.1, 0.15) is 35.8 Å². The van der Waals surface area contributed by atoms with Crippen LogP contribution in [0.3, 0.4) is 0 Å². The van der Waals surface area contributed by atoms with Gasteiger partial charge in [-0.1, -0.05) is 52.9 Å². The van der Waals surface area contributed by atoms with Crippen molar-refractivity contribution in [3.63, 3.8) is 0 Å². The van der Waals surface area contributed by atoms with E-state index in [4.69, 9.17) is 5.14 Å². The lowest BCUT2D eigenvalue weighted by Crippen LogP contribution is -2.33. The number of primary sulfonamides is 1. The number of thiazole rings is 1. The van der Waals surface area contributed by atoms with Crippen LogP contribution < -0.4 is 25.1 Å². The van der Waals surface area contributed by atoms with Gasteiger partial charge in [0.05, 0.1) is 21.5 Å². The molecular formula is C33H33N5O6S3. The topological polar surface area (TPSA) is 152 Å². The first-order valence-electron chi connectivity index (χ1n) is 15.0. The molecule has 1 saturated heterocycles. The number of nitrogens with zero attached hydrogens (tertiary/aromatic N) is 3. The van der Waals surface area contributed by atoms with Crippen molar-refractivity contribution in [2.45, 2.75) is 48.4 Å². The molecule has 4 aromatic rings. The molecule has 1 fully saturated rings. The summed E-state index contributed by atoms with van der Waals surface area (Å²) < 4.78 is 24.5. The highest BCUT2D eigenvalue weighted by atomic mass is 32.2. The minimum Gasteiger partial charge on any atom is -0.372 e. The van der Waals surface area contributed by atoms with E-state index in [0.717, 1.165) is 53.0 Å². The van der Waals surface area contributed by atoms with Crippen LogP contribution in [0, 0.1) is 12.8 Å². The molecule has 14 heteroatoms. The quantitative estimate of drug-likeness (QED) is 0.249. The van der Waals surface area contributed by atoms with E-state index in [1.54, 1.807) is 12.1 Å². The van der Waals surface area contributed by atoms with E-state index < -0.39 is 33.0 Å². The third kappa shape index (κ3) is 6.13. The summed E-state index contributed by atoms with van der Waals surface area (Å²) in [6.07, 6.45) is 0. The Balaban J connectivity index is 1.38. The van der Waals surface area contributed by atoms with Crippen LogP contribution in [-0.2, 0) is 31.0 Å². The first kappa shape index (κ1) is 32.7. The van der Waals surface area contributed by atoms with Gasteiger partial charge < -0.3 is 10.2 Å². The molecule has 0 bridgehead atoms. The van der Waals surface area contributed by atoms with Crippen LogP contribution in [0.4, 0.5) is 17.1 Å². The Morgan fingerprint density at radius 1 is 0.915 bits per heavy atom. The highest BCUT2D eigenvalue weighted by molar-refractivity contribution is 8.00. The van der Waals surface area contributed by atoms with Crippen molar-refractivity contribution in [1.29, 1.82) is 0 Å². The first-order chi connectivity index (χ1) is 22.4. The molecule has 0 saturated carbocycles. The summed E-state index contributed by atoms with van der Waals surface area (Å²) in [5, 5.41) is 7.52. The number of anilines is 3. The lowest BCUT2D eigenvalue weighted by Gasteiger charge is -2.31. The number of amides is 3. The molecular weight excluding hydrogens is 659 g/mol. The maximum absolute atomic E-state index is 14.1. The number of nitrogens with one attached hydrogen (secondary N) is 1. The molecule has 3 atom stereocenters. The molecule has 3 amide bonds. The van der Waals surface area contributed by atoms with Crippen LogP contribution in [0.25, 0.3) is 0 Å². The summed E-state index contributed by atoms with van der Waals surface area (Å²) in [6.45, 7) is 7.38. The zero-order valence-electron chi connectivity index (χ0n) is 25.9. The fourth-order valence-corrected chi connectivity index (χ4v) is 9.40. The zero-order valence-corrected chi connectivity index (χ0v) is 28.3. The Morgan fingerprint density at radius 2 is 1.55 bits per heavy atom. The Kier molecular flexibility index (Phi) is 8.87. The highest BCUT2D eigenvalue weighted by Crippen LogP contribution is 2.54. The molecule has 0 aliphatic carbocycles. The first-order valence-corrected chi connectivity index (χ1v) is 18.3. The predicted octanol–water partition coefficient (Wildman–Crippen LogP) is 4.15. The summed E-state index contributed by atoms with van der Waals surface area (Å²) in [4.78, 5) is 58.4. The fraction of sp³-hybridized carbons (Fsp3) is 0.273. The van der Waals surface area contributed by atoms with Crippen LogP contribution in [0.5, 0.6) is 0 Å². The smallest absolute Gasteiger partial charge is 0.308 e. The number of carbonyl (C=O) groups is 3. The standard InChI is InChI=1S/C33H33N5O6S3/c1-4-36(5-2)22-14-8-20(9-15-22)26-27-28(31(41)38(30(27)40)23-12-6-19(3)7-13-23)45-32-29(26)46-33(42)37(32)18-25(39)35-21-10-16-24(17-11-21)47(34,43)44/h6-17,26-28H,4-5,18H2,1-3H3,(H,35,39)(H2,34,43,44)/t26-,27-,28+/m0/s1. The number of nitrogens with two attached hydrogens (primary N) is 1. The van der Waals surface area contributed by atoms with Gasteiger partial charge in [0.1, 0.15) is 11.8 Å². The number of imide groups is 1. The molecule has 0 radical (unpaired) electrons. The number of carbonyl (C=O) groups excluding carboxylic acids is 3.